The Morgan fingerprint density at radius 2 is 1.91 bits per heavy atom. The maximum atomic E-state index is 13.6. The average molecular weight is 450 g/mol. The molecule has 0 saturated carbocycles. The van der Waals surface area contributed by atoms with E-state index in [9.17, 15) is 14.7 Å². The van der Waals surface area contributed by atoms with Gasteiger partial charge in [0.15, 0.2) is 22.9 Å². The number of amides is 1. The number of ether oxygens (including phenoxy) is 2. The molecule has 2 heterocycles. The summed E-state index contributed by atoms with van der Waals surface area (Å²) >= 11 is 0. The molecule has 33 heavy (non-hydrogen) atoms. The number of aliphatic hydroxyl groups is 1. The summed E-state index contributed by atoms with van der Waals surface area (Å²) in [5.74, 6) is -1.13. The predicted molar refractivity (Wildman–Crippen MR) is 123 cm³/mol. The number of rotatable bonds is 9. The van der Waals surface area contributed by atoms with E-state index in [1.54, 1.807) is 18.2 Å². The van der Waals surface area contributed by atoms with E-state index in [0.29, 0.717) is 36.3 Å². The van der Waals surface area contributed by atoms with Gasteiger partial charge in [-0.3, -0.25) is 9.59 Å². The molecule has 0 aliphatic carbocycles. The summed E-state index contributed by atoms with van der Waals surface area (Å²) < 4.78 is 16.7. The van der Waals surface area contributed by atoms with Gasteiger partial charge in [-0.2, -0.15) is 0 Å². The number of hydrogen-bond acceptors (Lipinski definition) is 6. The van der Waals surface area contributed by atoms with Crippen molar-refractivity contribution in [3.63, 3.8) is 0 Å². The lowest BCUT2D eigenvalue weighted by molar-refractivity contribution is -0.129. The van der Waals surface area contributed by atoms with Crippen LogP contribution in [0.1, 0.15) is 42.4 Å². The lowest BCUT2D eigenvalue weighted by Gasteiger charge is -2.26. The van der Waals surface area contributed by atoms with E-state index < -0.39 is 23.5 Å². The second-order valence-corrected chi connectivity index (χ2v) is 8.17. The Morgan fingerprint density at radius 1 is 1.15 bits per heavy atom. The number of hydrogen-bond donors (Lipinski definition) is 1. The molecule has 7 heteroatoms. The van der Waals surface area contributed by atoms with Gasteiger partial charge in [-0.1, -0.05) is 42.5 Å². The molecule has 0 spiro atoms. The van der Waals surface area contributed by atoms with Crippen LogP contribution in [0.2, 0.25) is 0 Å². The fourth-order valence-corrected chi connectivity index (χ4v) is 4.09. The predicted octanol–water partition coefficient (Wildman–Crippen LogP) is 4.83. The molecule has 7 nitrogen and oxygen atoms in total. The van der Waals surface area contributed by atoms with Gasteiger partial charge in [-0.25, -0.2) is 0 Å². The van der Waals surface area contributed by atoms with Gasteiger partial charge in [0.25, 0.3) is 5.91 Å². The summed E-state index contributed by atoms with van der Waals surface area (Å²) in [5, 5.41) is 11.5. The topological polar surface area (TPSA) is 89.2 Å². The van der Waals surface area contributed by atoms with Crippen LogP contribution in [0, 0.1) is 0 Å². The number of para-hydroxylation sites is 1. The van der Waals surface area contributed by atoms with Crippen LogP contribution in [0.5, 0.6) is 5.75 Å². The smallest absolute Gasteiger partial charge is 0.290 e. The molecule has 1 unspecified atom stereocenters. The monoisotopic (exact) mass is 449 g/mol. The number of carbonyl (C=O) groups excluding carboxylic acids is 2. The molecule has 1 aliphatic rings. The van der Waals surface area contributed by atoms with Crippen molar-refractivity contribution in [3.8, 4) is 5.75 Å². The molecule has 0 bridgehead atoms. The molecule has 172 valence electrons. The molecule has 0 fully saturated rings. The third-order valence-corrected chi connectivity index (χ3v) is 5.61. The van der Waals surface area contributed by atoms with Crippen molar-refractivity contribution >= 4 is 22.7 Å². The molecule has 1 N–H and O–H groups in total. The van der Waals surface area contributed by atoms with E-state index in [0.717, 1.165) is 5.56 Å². The minimum absolute atomic E-state index is 0.00833. The molecule has 1 amide bonds. The van der Waals surface area contributed by atoms with E-state index >= 15 is 0 Å². The zero-order valence-electron chi connectivity index (χ0n) is 18.9. The van der Waals surface area contributed by atoms with Crippen LogP contribution in [-0.4, -0.2) is 48.1 Å². The van der Waals surface area contributed by atoms with Crippen molar-refractivity contribution in [3.05, 3.63) is 77.3 Å². The first-order valence-corrected chi connectivity index (χ1v) is 10.9. The number of benzene rings is 2. The summed E-state index contributed by atoms with van der Waals surface area (Å²) in [7, 11) is 1.52. The van der Waals surface area contributed by atoms with Crippen molar-refractivity contribution in [2.75, 3.05) is 20.3 Å². The lowest BCUT2D eigenvalue weighted by Crippen LogP contribution is -2.32. The highest BCUT2D eigenvalue weighted by atomic mass is 16.5. The molecule has 4 rings (SSSR count). The van der Waals surface area contributed by atoms with Gasteiger partial charge in [-0.15, -0.1) is 0 Å². The van der Waals surface area contributed by atoms with Gasteiger partial charge in [0.1, 0.15) is 0 Å². The Balaban J connectivity index is 1.70. The summed E-state index contributed by atoms with van der Waals surface area (Å²) in [6, 6.07) is 15.4. The number of furan rings is 1. The highest BCUT2D eigenvalue weighted by Crippen LogP contribution is 2.40. The molecular formula is C26H27NO6. The number of fused-ring (bicyclic) bond motifs is 1. The van der Waals surface area contributed by atoms with Crippen LogP contribution in [-0.2, 0) is 9.53 Å². The standard InChI is InChI=1S/C26H27NO6/c1-16(2)32-14-8-13-27-22(17-9-5-4-6-10-17)21(24(29)26(27)30)23(28)20-15-18-11-7-12-19(31-3)25(18)33-20/h4-7,9-12,15-16,22,29H,8,13-14H2,1-3H3. The van der Waals surface area contributed by atoms with Crippen molar-refractivity contribution in [1.29, 1.82) is 0 Å². The van der Waals surface area contributed by atoms with Crippen LogP contribution in [0.25, 0.3) is 11.0 Å². The van der Waals surface area contributed by atoms with Crippen LogP contribution in [0.15, 0.2) is 70.3 Å². The van der Waals surface area contributed by atoms with Crippen molar-refractivity contribution in [2.24, 2.45) is 0 Å². The third-order valence-electron chi connectivity index (χ3n) is 5.61. The van der Waals surface area contributed by atoms with E-state index in [1.807, 2.05) is 50.2 Å². The number of carbonyl (C=O) groups is 2. The Labute approximate surface area is 192 Å². The molecular weight excluding hydrogens is 422 g/mol. The number of methoxy groups -OCH3 is 1. The van der Waals surface area contributed by atoms with Gasteiger partial charge in [0, 0.05) is 18.5 Å². The van der Waals surface area contributed by atoms with Gasteiger partial charge in [0.05, 0.1) is 24.8 Å². The van der Waals surface area contributed by atoms with Crippen molar-refractivity contribution < 1.29 is 28.6 Å². The highest BCUT2D eigenvalue weighted by molar-refractivity contribution is 6.16. The van der Waals surface area contributed by atoms with E-state index in [4.69, 9.17) is 13.9 Å². The largest absolute Gasteiger partial charge is 0.503 e. The summed E-state index contributed by atoms with van der Waals surface area (Å²) in [6.07, 6.45) is 0.655. The summed E-state index contributed by atoms with van der Waals surface area (Å²) in [6.45, 7) is 4.69. The average Bonchev–Trinajstić information content (AvgIpc) is 3.36. The van der Waals surface area contributed by atoms with E-state index in [1.165, 1.54) is 12.0 Å². The maximum Gasteiger partial charge on any atom is 0.290 e. The first-order valence-electron chi connectivity index (χ1n) is 10.9. The van der Waals surface area contributed by atoms with Crippen molar-refractivity contribution in [1.82, 2.24) is 4.90 Å². The maximum absolute atomic E-state index is 13.6. The lowest BCUT2D eigenvalue weighted by atomic mass is 9.95. The molecule has 2 aromatic carbocycles. The quantitative estimate of drug-likeness (QED) is 0.372. The second kappa shape index (κ2) is 9.50. The number of ketones is 1. The Kier molecular flexibility index (Phi) is 6.51. The molecule has 1 atom stereocenters. The Morgan fingerprint density at radius 3 is 2.61 bits per heavy atom. The third kappa shape index (κ3) is 4.36. The number of Topliss-reactive ketones (excluding diaryl/α,β-unsaturated/α-hetero) is 1. The Bertz CT molecular complexity index is 1190. The fraction of sp³-hybridized carbons (Fsp3) is 0.308. The molecule has 0 saturated heterocycles. The summed E-state index contributed by atoms with van der Waals surface area (Å²) in [5.41, 5.74) is 1.18. The van der Waals surface area contributed by atoms with Crippen molar-refractivity contribution in [2.45, 2.75) is 32.4 Å². The minimum Gasteiger partial charge on any atom is -0.503 e. The second-order valence-electron chi connectivity index (χ2n) is 8.17. The van der Waals surface area contributed by atoms with Gasteiger partial charge in [-0.05, 0) is 38.0 Å². The molecule has 3 aromatic rings. The fourth-order valence-electron chi connectivity index (χ4n) is 4.09. The van der Waals surface area contributed by atoms with Gasteiger partial charge in [0.2, 0.25) is 5.78 Å². The zero-order valence-corrected chi connectivity index (χ0v) is 18.9. The van der Waals surface area contributed by atoms with Crippen LogP contribution >= 0.6 is 0 Å². The first kappa shape index (κ1) is 22.6. The summed E-state index contributed by atoms with van der Waals surface area (Å²) in [4.78, 5) is 28.1. The molecule has 0 radical (unpaired) electrons. The van der Waals surface area contributed by atoms with E-state index in [-0.39, 0.29) is 17.4 Å². The SMILES string of the molecule is COc1cccc2cc(C(=O)C3=C(O)C(=O)N(CCCOC(C)C)C3c3ccccc3)oc12. The van der Waals surface area contributed by atoms with Crippen LogP contribution < -0.4 is 4.74 Å². The van der Waals surface area contributed by atoms with E-state index in [2.05, 4.69) is 0 Å². The van der Waals surface area contributed by atoms with Gasteiger partial charge >= 0.3 is 0 Å². The normalized spacial score (nSPS) is 16.3. The zero-order chi connectivity index (χ0) is 23.5. The Hall–Kier alpha value is -3.58. The van der Waals surface area contributed by atoms with Crippen LogP contribution in [0.3, 0.4) is 0 Å². The van der Waals surface area contributed by atoms with Crippen LogP contribution in [0.4, 0.5) is 0 Å². The number of aliphatic hydroxyl groups excluding tert-OH is 1. The number of nitrogens with zero attached hydrogens (tertiary/aromatic N) is 1. The first-order chi connectivity index (χ1) is 15.9. The molecule has 1 aliphatic heterocycles. The highest BCUT2D eigenvalue weighted by Gasteiger charge is 2.44. The van der Waals surface area contributed by atoms with Gasteiger partial charge < -0.3 is 23.9 Å². The molecule has 1 aromatic heterocycles. The minimum atomic E-state index is -0.722.